The summed E-state index contributed by atoms with van der Waals surface area (Å²) in [4.78, 5) is 0. The molecule has 1 aliphatic heterocycles. The van der Waals surface area contributed by atoms with Gasteiger partial charge in [-0.3, -0.25) is 0 Å². The number of hydrogen-bond acceptors (Lipinski definition) is 7. The first-order chi connectivity index (χ1) is 6.75. The Labute approximate surface area is 81.1 Å². The highest BCUT2D eigenvalue weighted by molar-refractivity contribution is 4.97. The van der Waals surface area contributed by atoms with Crippen molar-refractivity contribution in [2.24, 2.45) is 5.73 Å². The zero-order valence-electron chi connectivity index (χ0n) is 7.86. The third kappa shape index (κ3) is 2.05. The first-order valence-corrected chi connectivity index (χ1v) is 4.42. The fourth-order valence-electron chi connectivity index (χ4n) is 1.17. The van der Waals surface area contributed by atoms with E-state index < -0.39 is 0 Å². The molecule has 0 unspecified atom stereocenters. The van der Waals surface area contributed by atoms with E-state index in [4.69, 9.17) is 5.73 Å². The van der Waals surface area contributed by atoms with Crippen LogP contribution in [0.25, 0.3) is 0 Å². The molecule has 0 aliphatic carbocycles. The van der Waals surface area contributed by atoms with Crippen molar-refractivity contribution in [2.45, 2.75) is 25.7 Å². The zero-order valence-corrected chi connectivity index (χ0v) is 7.86. The van der Waals surface area contributed by atoms with E-state index >= 15 is 0 Å². The van der Waals surface area contributed by atoms with Crippen molar-refractivity contribution in [3.63, 3.8) is 0 Å². The van der Waals surface area contributed by atoms with Crippen molar-refractivity contribution in [1.29, 1.82) is 0 Å². The fourth-order valence-corrected chi connectivity index (χ4v) is 1.17. The molecule has 78 valence electrons. The molecular weight excluding hydrogens is 184 g/mol. The fraction of sp³-hybridized carbons (Fsp3) is 0.667. The quantitative estimate of drug-likeness (QED) is 0.373. The summed E-state index contributed by atoms with van der Waals surface area (Å²) in [5, 5.41) is 7.90. The molecule has 0 spiro atoms. The van der Waals surface area contributed by atoms with Crippen molar-refractivity contribution >= 4 is 0 Å². The smallest absolute Gasteiger partial charge is 0.105 e. The molecule has 1 saturated heterocycles. The number of nitrogens with two attached hydrogens (primary N) is 1. The standard InChI is InChI=1S/C6H14N8/c1-4(7)5-2-14(13-8-5)3-6-9-11-12-10-6/h2,4,6,9-12H,3,7H2,1H3/t4-/m1/s1. The zero-order chi connectivity index (χ0) is 9.97. The molecule has 0 amide bonds. The van der Waals surface area contributed by atoms with Crippen LogP contribution in [0.2, 0.25) is 0 Å². The lowest BCUT2D eigenvalue weighted by Gasteiger charge is -2.07. The normalized spacial score (nSPS) is 20.1. The molecule has 14 heavy (non-hydrogen) atoms. The van der Waals surface area contributed by atoms with Gasteiger partial charge < -0.3 is 5.73 Å². The highest BCUT2D eigenvalue weighted by Crippen LogP contribution is 2.03. The van der Waals surface area contributed by atoms with Crippen LogP contribution in [0.4, 0.5) is 0 Å². The Morgan fingerprint density at radius 2 is 2.29 bits per heavy atom. The molecule has 1 aromatic heterocycles. The molecule has 1 fully saturated rings. The van der Waals surface area contributed by atoms with Crippen LogP contribution in [0.3, 0.4) is 0 Å². The lowest BCUT2D eigenvalue weighted by Crippen LogP contribution is -2.38. The lowest BCUT2D eigenvalue weighted by molar-refractivity contribution is 0.420. The summed E-state index contributed by atoms with van der Waals surface area (Å²) in [6, 6.07) is -0.0792. The topological polar surface area (TPSA) is 105 Å². The first-order valence-electron chi connectivity index (χ1n) is 4.42. The Morgan fingerprint density at radius 3 is 2.86 bits per heavy atom. The highest BCUT2D eigenvalue weighted by Gasteiger charge is 2.14. The molecule has 1 atom stereocenters. The maximum Gasteiger partial charge on any atom is 0.105 e. The van der Waals surface area contributed by atoms with E-state index in [1.165, 1.54) is 0 Å². The molecular formula is C6H14N8. The molecule has 0 saturated carbocycles. The summed E-state index contributed by atoms with van der Waals surface area (Å²) in [6.07, 6.45) is 1.92. The van der Waals surface area contributed by atoms with Gasteiger partial charge in [0, 0.05) is 6.04 Å². The van der Waals surface area contributed by atoms with Crippen molar-refractivity contribution in [2.75, 3.05) is 0 Å². The molecule has 6 N–H and O–H groups in total. The molecule has 1 aromatic rings. The number of hydrazine groups is 3. The number of rotatable bonds is 3. The van der Waals surface area contributed by atoms with Crippen molar-refractivity contribution in [1.82, 2.24) is 36.9 Å². The molecule has 2 heterocycles. The Hall–Kier alpha value is -1.06. The van der Waals surface area contributed by atoms with Crippen LogP contribution in [0, 0.1) is 0 Å². The van der Waals surface area contributed by atoms with Gasteiger partial charge in [-0.1, -0.05) is 5.21 Å². The summed E-state index contributed by atoms with van der Waals surface area (Å²) in [6.45, 7) is 2.54. The van der Waals surface area contributed by atoms with E-state index in [0.29, 0.717) is 6.54 Å². The predicted octanol–water partition coefficient (Wildman–Crippen LogP) is -2.26. The van der Waals surface area contributed by atoms with Crippen LogP contribution < -0.4 is 27.7 Å². The van der Waals surface area contributed by atoms with Gasteiger partial charge in [0.1, 0.15) is 6.17 Å². The number of hydrogen-bond donors (Lipinski definition) is 5. The van der Waals surface area contributed by atoms with Gasteiger partial charge in [0.05, 0.1) is 18.4 Å². The molecule has 0 radical (unpaired) electrons. The first kappa shape index (κ1) is 9.49. The van der Waals surface area contributed by atoms with Gasteiger partial charge in [-0.25, -0.2) is 15.5 Å². The van der Waals surface area contributed by atoms with E-state index in [0.717, 1.165) is 5.69 Å². The second-order valence-electron chi connectivity index (χ2n) is 3.25. The van der Waals surface area contributed by atoms with Crippen molar-refractivity contribution in [3.05, 3.63) is 11.9 Å². The predicted molar refractivity (Wildman–Crippen MR) is 49.0 cm³/mol. The average molecular weight is 198 g/mol. The van der Waals surface area contributed by atoms with Gasteiger partial charge >= 0.3 is 0 Å². The van der Waals surface area contributed by atoms with E-state index in [1.54, 1.807) is 4.68 Å². The van der Waals surface area contributed by atoms with Crippen molar-refractivity contribution < 1.29 is 0 Å². The molecule has 8 nitrogen and oxygen atoms in total. The molecule has 1 aliphatic rings. The SMILES string of the molecule is C[C@@H](N)c1cn(CC2NNNN2)nn1. The van der Waals surface area contributed by atoms with Crippen LogP contribution in [0.1, 0.15) is 18.7 Å². The van der Waals surface area contributed by atoms with Crippen LogP contribution in [0.5, 0.6) is 0 Å². The Kier molecular flexibility index (Phi) is 2.70. The monoisotopic (exact) mass is 198 g/mol. The minimum atomic E-state index is -0.0792. The van der Waals surface area contributed by atoms with E-state index in [-0.39, 0.29) is 12.2 Å². The second kappa shape index (κ2) is 3.98. The van der Waals surface area contributed by atoms with Gasteiger partial charge in [0.2, 0.25) is 0 Å². The second-order valence-corrected chi connectivity index (χ2v) is 3.25. The summed E-state index contributed by atoms with van der Waals surface area (Å²) >= 11 is 0. The van der Waals surface area contributed by atoms with Crippen LogP contribution in [0.15, 0.2) is 6.20 Å². The van der Waals surface area contributed by atoms with Gasteiger partial charge in [0.15, 0.2) is 0 Å². The average Bonchev–Trinajstić information content (AvgIpc) is 2.75. The maximum atomic E-state index is 5.66. The Balaban J connectivity index is 1.95. The van der Waals surface area contributed by atoms with Crippen LogP contribution in [-0.4, -0.2) is 21.2 Å². The number of nitrogens with zero attached hydrogens (tertiary/aromatic N) is 3. The highest BCUT2D eigenvalue weighted by atomic mass is 15.8. The van der Waals surface area contributed by atoms with E-state index in [9.17, 15) is 0 Å². The molecule has 0 bridgehead atoms. The minimum absolute atomic E-state index is 0.0792. The lowest BCUT2D eigenvalue weighted by atomic mass is 10.3. The Bertz CT molecular complexity index is 288. The van der Waals surface area contributed by atoms with Gasteiger partial charge in [-0.05, 0) is 6.92 Å². The largest absolute Gasteiger partial charge is 0.323 e. The van der Waals surface area contributed by atoms with Crippen molar-refractivity contribution in [3.8, 4) is 0 Å². The summed E-state index contributed by atoms with van der Waals surface area (Å²) in [5.74, 6) is 0. The van der Waals surface area contributed by atoms with Gasteiger partial charge in [0.25, 0.3) is 0 Å². The Morgan fingerprint density at radius 1 is 1.57 bits per heavy atom. The molecule has 8 heteroatoms. The van der Waals surface area contributed by atoms with Gasteiger partial charge in [-0.2, -0.15) is 11.1 Å². The third-order valence-corrected chi connectivity index (χ3v) is 1.95. The van der Waals surface area contributed by atoms with Crippen LogP contribution >= 0.6 is 0 Å². The van der Waals surface area contributed by atoms with Gasteiger partial charge in [-0.15, -0.1) is 5.10 Å². The maximum absolute atomic E-state index is 5.66. The molecule has 0 aromatic carbocycles. The van der Waals surface area contributed by atoms with E-state index in [2.05, 4.69) is 32.2 Å². The summed E-state index contributed by atoms with van der Waals surface area (Å²) < 4.78 is 1.73. The number of aromatic nitrogens is 3. The minimum Gasteiger partial charge on any atom is -0.323 e. The third-order valence-electron chi connectivity index (χ3n) is 1.95. The summed E-state index contributed by atoms with van der Waals surface area (Å²) in [5.41, 5.74) is 17.8. The van der Waals surface area contributed by atoms with E-state index in [1.807, 2.05) is 13.1 Å². The van der Waals surface area contributed by atoms with Crippen LogP contribution in [-0.2, 0) is 6.54 Å². The summed E-state index contributed by atoms with van der Waals surface area (Å²) in [7, 11) is 0. The number of nitrogens with one attached hydrogen (secondary N) is 4. The molecule has 2 rings (SSSR count).